The molecule has 8 saturated heterocycles. The Hall–Kier alpha value is -9.77. The van der Waals surface area contributed by atoms with E-state index < -0.39 is 15.3 Å². The number of likely N-dealkylation sites (tertiary alicyclic amines) is 4. The number of anilines is 4. The lowest BCUT2D eigenvalue weighted by Crippen LogP contribution is -2.54. The fourth-order valence-corrected chi connectivity index (χ4v) is 24.8. The van der Waals surface area contributed by atoms with Gasteiger partial charge in [0.15, 0.2) is 34.0 Å². The SMILES string of the molecule is CC(=O)NCCN1CCCC(C2CN(c3cnc4c(C#N)nn(C(C)c5ccc(Cl)cc5Cl)c4n3)C2)C1.CC(c1ccc(Cl)cc1Cl)n1nc(C#N)c2ncc(N3CC(C4CCN(CCCO)C4)C3)nc21.Cc1nn(C(C)c2ccc(Cl)cc2Cl)c2nc(N3CC(C4CCCN(CCNC(=O)C(C)C)C4)C3)cnc12.Cc1nn(C(C)c2ccc(Cl)cc2Cl)c2nc(N3CC(C4CCCN(CCNS(=O)(=O)C(C)C)C4)C3)cnc12. The zero-order chi connectivity index (χ0) is 105. The van der Waals surface area contributed by atoms with Gasteiger partial charge in [0.25, 0.3) is 0 Å². The molecule has 148 heavy (non-hydrogen) atoms. The molecule has 0 radical (unpaired) electrons. The van der Waals surface area contributed by atoms with Crippen LogP contribution in [0.4, 0.5) is 23.3 Å². The molecule has 8 aliphatic rings. The number of aliphatic hydroxyl groups is 1. The van der Waals surface area contributed by atoms with Gasteiger partial charge in [0.05, 0.1) is 65.6 Å². The zero-order valence-corrected chi connectivity index (χ0v) is 92.5. The Bertz CT molecular complexity index is 6950. The summed E-state index contributed by atoms with van der Waals surface area (Å²) >= 11 is 50.3. The number of hydrogen-bond donors (Lipinski definition) is 4. The topological polar surface area (TPSA) is 372 Å². The lowest BCUT2D eigenvalue weighted by Gasteiger charge is -2.47. The van der Waals surface area contributed by atoms with E-state index in [1.54, 1.807) is 78.9 Å². The fraction of sp³-hybridized carbons (Fsp3) is 0.543. The predicted molar refractivity (Wildman–Crippen MR) is 586 cm³/mol. The molecule has 0 bridgehead atoms. The lowest BCUT2D eigenvalue weighted by molar-refractivity contribution is -0.124. The molecule has 8 fully saturated rings. The van der Waals surface area contributed by atoms with Crippen LogP contribution >= 0.6 is 92.8 Å². The summed E-state index contributed by atoms with van der Waals surface area (Å²) in [6.07, 6.45) is 16.5. The second kappa shape index (κ2) is 48.5. The molecule has 4 aromatic carbocycles. The Labute approximate surface area is 905 Å². The summed E-state index contributed by atoms with van der Waals surface area (Å²) in [4.78, 5) is 80.4. The highest BCUT2D eigenvalue weighted by atomic mass is 35.5. The van der Waals surface area contributed by atoms with Crippen LogP contribution in [-0.2, 0) is 19.6 Å². The molecule has 8 unspecified atom stereocenters. The number of fused-ring (bicyclic) bond motifs is 4. The number of rotatable bonds is 31. The van der Waals surface area contributed by atoms with Crippen LogP contribution in [0.15, 0.2) is 97.6 Å². The van der Waals surface area contributed by atoms with Gasteiger partial charge < -0.3 is 54.9 Å². The fourth-order valence-electron chi connectivity index (χ4n) is 21.8. The van der Waals surface area contributed by atoms with E-state index in [0.717, 1.165) is 230 Å². The molecule has 8 aliphatic heterocycles. The van der Waals surface area contributed by atoms with Gasteiger partial charge in [-0.3, -0.25) is 9.59 Å². The molecule has 43 heteroatoms. The Balaban J connectivity index is 0.000000135. The second-order valence-corrected chi connectivity index (χ2v) is 47.1. The van der Waals surface area contributed by atoms with E-state index in [-0.39, 0.29) is 59.9 Å². The summed E-state index contributed by atoms with van der Waals surface area (Å²) in [5.74, 6) is 8.66. The molecule has 16 heterocycles. The summed E-state index contributed by atoms with van der Waals surface area (Å²) in [6, 6.07) is 25.4. The van der Waals surface area contributed by atoms with Gasteiger partial charge in [-0.1, -0.05) is 131 Å². The molecule has 0 saturated carbocycles. The summed E-state index contributed by atoms with van der Waals surface area (Å²) in [5, 5.41) is 57.0. The predicted octanol–water partition coefficient (Wildman–Crippen LogP) is 17.2. The average Bonchev–Trinajstić information content (AvgIpc) is 1.58. The first-order valence-electron chi connectivity index (χ1n) is 51.6. The molecular formula is C105H131Cl8N29O5S. The average molecular weight is 2200 g/mol. The number of aliphatic hydroxyl groups excluding tert-OH is 1. The van der Waals surface area contributed by atoms with Crippen molar-refractivity contribution in [1.29, 1.82) is 10.5 Å². The van der Waals surface area contributed by atoms with Crippen molar-refractivity contribution in [1.82, 2.24) is 114 Å². The molecule has 0 spiro atoms. The van der Waals surface area contributed by atoms with Crippen molar-refractivity contribution >= 4 is 183 Å². The number of benzene rings is 4. The number of nitrogens with one attached hydrogen (secondary N) is 3. The Morgan fingerprint density at radius 1 is 0.405 bits per heavy atom. The van der Waals surface area contributed by atoms with Crippen molar-refractivity contribution in [2.45, 2.75) is 157 Å². The maximum atomic E-state index is 12.0. The maximum Gasteiger partial charge on any atom is 0.222 e. The number of aromatic nitrogens is 16. The minimum Gasteiger partial charge on any atom is -0.396 e. The van der Waals surface area contributed by atoms with Gasteiger partial charge in [-0.25, -0.2) is 71.7 Å². The van der Waals surface area contributed by atoms with Crippen LogP contribution < -0.4 is 35.0 Å². The minimum absolute atomic E-state index is 0.0233. The number of nitrogens with zero attached hydrogens (tertiary/aromatic N) is 26. The van der Waals surface area contributed by atoms with Gasteiger partial charge in [0.2, 0.25) is 21.8 Å². The molecule has 8 aromatic heterocycles. The summed E-state index contributed by atoms with van der Waals surface area (Å²) in [5.41, 5.74) is 11.0. The highest BCUT2D eigenvalue weighted by Gasteiger charge is 2.43. The molecule has 12 aromatic rings. The van der Waals surface area contributed by atoms with Crippen LogP contribution in [0, 0.1) is 89.8 Å². The molecule has 8 atom stereocenters. The van der Waals surface area contributed by atoms with Gasteiger partial charge in [0, 0.05) is 184 Å². The Kier molecular flexibility index (Phi) is 35.8. The third-order valence-electron chi connectivity index (χ3n) is 30.8. The van der Waals surface area contributed by atoms with E-state index in [9.17, 15) is 28.5 Å². The van der Waals surface area contributed by atoms with Gasteiger partial charge in [-0.15, -0.1) is 0 Å². The number of amides is 2. The number of aryl methyl sites for hydroxylation is 2. The summed E-state index contributed by atoms with van der Waals surface area (Å²) < 4.78 is 34.1. The van der Waals surface area contributed by atoms with Crippen LogP contribution in [-0.4, -0.2) is 286 Å². The third-order valence-corrected chi connectivity index (χ3v) is 34.9. The first-order chi connectivity index (χ1) is 71.0. The van der Waals surface area contributed by atoms with Crippen LogP contribution in [0.5, 0.6) is 0 Å². The maximum absolute atomic E-state index is 12.0. The molecule has 2 amide bonds. The normalized spacial score (nSPS) is 19.8. The van der Waals surface area contributed by atoms with Crippen LogP contribution in [0.3, 0.4) is 0 Å². The van der Waals surface area contributed by atoms with E-state index in [1.165, 1.54) is 38.5 Å². The van der Waals surface area contributed by atoms with E-state index in [2.05, 4.69) is 101 Å². The number of hydrogen-bond acceptors (Lipinski definition) is 27. The number of sulfonamides is 1. The molecule has 0 aliphatic carbocycles. The minimum atomic E-state index is -3.22. The third kappa shape index (κ3) is 25.2. The first-order valence-corrected chi connectivity index (χ1v) is 56.2. The second-order valence-electron chi connectivity index (χ2n) is 41.5. The number of halogens is 8. The van der Waals surface area contributed by atoms with Gasteiger partial charge in [0.1, 0.15) is 57.5 Å². The van der Waals surface area contributed by atoms with Crippen LogP contribution in [0.2, 0.25) is 40.2 Å². The van der Waals surface area contributed by atoms with Crippen molar-refractivity contribution in [3.05, 3.63) is 183 Å². The van der Waals surface area contributed by atoms with E-state index in [0.29, 0.717) is 123 Å². The van der Waals surface area contributed by atoms with Crippen LogP contribution in [0.1, 0.15) is 183 Å². The number of carbonyl (C=O) groups is 2. The van der Waals surface area contributed by atoms with Crippen LogP contribution in [0.25, 0.3) is 44.7 Å². The number of nitriles is 2. The molecule has 20 rings (SSSR count). The van der Waals surface area contributed by atoms with Crippen molar-refractivity contribution in [3.63, 3.8) is 0 Å². The van der Waals surface area contributed by atoms with Gasteiger partial charge in [-0.05, 0) is 251 Å². The first kappa shape index (κ1) is 109. The van der Waals surface area contributed by atoms with Gasteiger partial charge >= 0.3 is 0 Å². The lowest BCUT2D eigenvalue weighted by atomic mass is 9.80. The van der Waals surface area contributed by atoms with Crippen molar-refractivity contribution in [2.24, 2.45) is 53.3 Å². The van der Waals surface area contributed by atoms with Gasteiger partial charge in [-0.2, -0.15) is 30.9 Å². The van der Waals surface area contributed by atoms with E-state index in [1.807, 2.05) is 99.7 Å². The van der Waals surface area contributed by atoms with Crippen molar-refractivity contribution in [3.8, 4) is 12.1 Å². The summed E-state index contributed by atoms with van der Waals surface area (Å²) in [6.45, 7) is 42.8. The Morgan fingerprint density at radius 3 is 1.02 bits per heavy atom. The molecular weight excluding hydrogens is 2060 g/mol. The van der Waals surface area contributed by atoms with Crippen molar-refractivity contribution in [2.75, 3.05) is 177 Å². The molecule has 788 valence electrons. The standard InChI is InChI=1S/C28H37Cl2N7O.C27H37Cl2N7O2S.C26H30Cl2N8O.C24H27Cl2N7O/c1-17(2)28(38)31-9-11-35-10-5-6-20(14-35)21-15-36(16-21)25-13-32-26-18(3)34-37(27(26)33-25)19(4)23-8-7-22(29)12-24(23)30;1-17(2)39(37,38)31-9-11-34-10-5-6-20(14-34)21-15-35(16-21)25-13-30-26-18(3)33-36(27(26)32-25)19(4)23-8-7-22(28)12-24(23)29;1-16(21-6-5-20(27)10-22(21)28)36-26-25(23(11-29)33-36)31-12-24(32-26)35-14-19(15-35)18-4-3-8-34(13-18)9-7-30-17(2)37;1-15(19-4-3-18(25)9-20(19)26)33-24-23(21(10-27)30-33)28-11-22(29-24)32-13-17(14-32)16-5-7-31(12-16)6-2-8-34/h7-8,12-13,17,19-21H,5-6,9-11,14-16H2,1-4H3,(H,31,38);7-8,12-13,17,19-21,31H,5-6,9-11,14-16H2,1-4H3;5-6,10,12,16,18-19H,3-4,7-9,13-15H2,1-2H3,(H,30,37);3-4,9,11,15-17,34H,2,5-8,12-14H2,1H3. The zero-order valence-electron chi connectivity index (χ0n) is 85.6. The smallest absolute Gasteiger partial charge is 0.222 e. The molecule has 34 nitrogen and oxygen atoms in total. The summed E-state index contributed by atoms with van der Waals surface area (Å²) in [7, 11) is -3.22. The highest BCUT2D eigenvalue weighted by molar-refractivity contribution is 7.90. The monoisotopic (exact) mass is 2190 g/mol. The van der Waals surface area contributed by atoms with E-state index >= 15 is 0 Å². The highest BCUT2D eigenvalue weighted by Crippen LogP contribution is 2.43. The Morgan fingerprint density at radius 2 is 0.709 bits per heavy atom. The largest absolute Gasteiger partial charge is 0.396 e. The number of piperidine rings is 3. The van der Waals surface area contributed by atoms with Crippen molar-refractivity contribution < 1.29 is 23.1 Å². The number of carbonyl (C=O) groups excluding carboxylic acids is 2. The molecule has 4 N–H and O–H groups in total. The quantitative estimate of drug-likeness (QED) is 0.0313. The van der Waals surface area contributed by atoms with E-state index in [4.69, 9.17) is 138 Å².